The van der Waals surface area contributed by atoms with Crippen LogP contribution in [0.15, 0.2) is 6.07 Å². The first-order valence-corrected chi connectivity index (χ1v) is 4.02. The molecule has 10 heavy (non-hydrogen) atoms. The molecule has 0 bridgehead atoms. The van der Waals surface area contributed by atoms with Gasteiger partial charge >= 0.3 is 0 Å². The zero-order chi connectivity index (χ0) is 7.40. The number of nitrogens with one attached hydrogen (secondary N) is 1. The number of rotatable bonds is 3. The number of nitrogen functional groups attached to an aromatic ring is 1. The molecule has 0 aliphatic heterocycles. The van der Waals surface area contributed by atoms with Gasteiger partial charge in [-0.1, -0.05) is 6.92 Å². The van der Waals surface area contributed by atoms with Crippen molar-refractivity contribution in [1.29, 1.82) is 0 Å². The first-order chi connectivity index (χ1) is 4.83. The summed E-state index contributed by atoms with van der Waals surface area (Å²) in [5.74, 6) is 0.623. The van der Waals surface area contributed by atoms with Crippen molar-refractivity contribution < 1.29 is 0 Å². The van der Waals surface area contributed by atoms with Crippen LogP contribution in [0.4, 0.5) is 5.82 Å². The summed E-state index contributed by atoms with van der Waals surface area (Å²) in [6, 6.07) is 1.90. The number of hydrogen-bond acceptors (Lipinski definition) is 4. The van der Waals surface area contributed by atoms with Crippen LogP contribution < -0.4 is 11.1 Å². The second kappa shape index (κ2) is 3.53. The highest BCUT2D eigenvalue weighted by atomic mass is 32.1. The summed E-state index contributed by atoms with van der Waals surface area (Å²) < 4.78 is 3.95. The molecule has 3 N–H and O–H groups in total. The Kier molecular flexibility index (Phi) is 2.65. The molecule has 0 aromatic carbocycles. The molecule has 1 aromatic heterocycles. The third kappa shape index (κ3) is 1.97. The van der Waals surface area contributed by atoms with E-state index in [0.29, 0.717) is 5.82 Å². The summed E-state index contributed by atoms with van der Waals surface area (Å²) in [6.45, 7) is 3.94. The number of nitrogens with zero attached hydrogens (tertiary/aromatic N) is 1. The zero-order valence-corrected chi connectivity index (χ0v) is 6.74. The Morgan fingerprint density at radius 1 is 1.80 bits per heavy atom. The van der Waals surface area contributed by atoms with Crippen molar-refractivity contribution in [2.75, 3.05) is 12.3 Å². The van der Waals surface area contributed by atoms with Gasteiger partial charge in [-0.05, 0) is 24.1 Å². The fourth-order valence-electron chi connectivity index (χ4n) is 0.660. The maximum absolute atomic E-state index is 5.42. The van der Waals surface area contributed by atoms with Gasteiger partial charge in [-0.15, -0.1) is 0 Å². The zero-order valence-electron chi connectivity index (χ0n) is 5.92. The highest BCUT2D eigenvalue weighted by Gasteiger charge is 1.95. The quantitative estimate of drug-likeness (QED) is 0.683. The average Bonchev–Trinajstić information content (AvgIpc) is 2.31. The molecular weight excluding hydrogens is 146 g/mol. The van der Waals surface area contributed by atoms with Crippen LogP contribution >= 0.6 is 11.5 Å². The number of nitrogens with two attached hydrogens (primary N) is 1. The third-order valence-corrected chi connectivity index (χ3v) is 1.93. The van der Waals surface area contributed by atoms with E-state index in [1.54, 1.807) is 0 Å². The standard InChI is InChI=1S/C6H11N3S/c1-2-8-4-5-3-6(7)9-10-5/h3,8H,2,4H2,1H3,(H2,7,9). The monoisotopic (exact) mass is 157 g/mol. The maximum atomic E-state index is 5.42. The minimum Gasteiger partial charge on any atom is -0.383 e. The predicted molar refractivity (Wildman–Crippen MR) is 43.9 cm³/mol. The van der Waals surface area contributed by atoms with Crippen LogP contribution in [0.1, 0.15) is 11.8 Å². The molecule has 0 fully saturated rings. The Balaban J connectivity index is 2.42. The molecule has 0 saturated heterocycles. The molecule has 3 nitrogen and oxygen atoms in total. The lowest BCUT2D eigenvalue weighted by atomic mass is 10.4. The van der Waals surface area contributed by atoms with Gasteiger partial charge in [0.1, 0.15) is 5.82 Å². The molecule has 0 unspecified atom stereocenters. The van der Waals surface area contributed by atoms with Gasteiger partial charge in [-0.2, -0.15) is 4.37 Å². The topological polar surface area (TPSA) is 50.9 Å². The Hall–Kier alpha value is -0.610. The van der Waals surface area contributed by atoms with Crippen LogP contribution in [-0.4, -0.2) is 10.9 Å². The molecule has 0 radical (unpaired) electrons. The van der Waals surface area contributed by atoms with E-state index in [1.165, 1.54) is 16.4 Å². The van der Waals surface area contributed by atoms with Gasteiger partial charge in [0.15, 0.2) is 0 Å². The first kappa shape index (κ1) is 7.50. The molecule has 0 atom stereocenters. The molecule has 0 aliphatic rings. The molecule has 1 rings (SSSR count). The van der Waals surface area contributed by atoms with Crippen molar-refractivity contribution in [3.8, 4) is 0 Å². The van der Waals surface area contributed by atoms with Crippen LogP contribution in [0.3, 0.4) is 0 Å². The normalized spacial score (nSPS) is 10.1. The fourth-order valence-corrected chi connectivity index (χ4v) is 1.28. The summed E-state index contributed by atoms with van der Waals surface area (Å²) in [5.41, 5.74) is 5.42. The van der Waals surface area contributed by atoms with Gasteiger partial charge in [-0.3, -0.25) is 0 Å². The fraction of sp³-hybridized carbons (Fsp3) is 0.500. The molecule has 4 heteroatoms. The van der Waals surface area contributed by atoms with E-state index in [4.69, 9.17) is 5.73 Å². The van der Waals surface area contributed by atoms with Crippen molar-refractivity contribution in [2.24, 2.45) is 0 Å². The highest BCUT2D eigenvalue weighted by Crippen LogP contribution is 2.09. The van der Waals surface area contributed by atoms with Crippen molar-refractivity contribution in [3.05, 3.63) is 10.9 Å². The van der Waals surface area contributed by atoms with Crippen LogP contribution in [0.25, 0.3) is 0 Å². The second-order valence-electron chi connectivity index (χ2n) is 2.00. The van der Waals surface area contributed by atoms with E-state index in [-0.39, 0.29) is 0 Å². The van der Waals surface area contributed by atoms with Gasteiger partial charge in [0, 0.05) is 11.4 Å². The van der Waals surface area contributed by atoms with Gasteiger partial charge < -0.3 is 11.1 Å². The second-order valence-corrected chi connectivity index (χ2v) is 2.89. The summed E-state index contributed by atoms with van der Waals surface area (Å²) in [6.07, 6.45) is 0. The molecule has 1 heterocycles. The van der Waals surface area contributed by atoms with E-state index in [2.05, 4.69) is 16.6 Å². The minimum atomic E-state index is 0.623. The molecule has 0 amide bonds. The minimum absolute atomic E-state index is 0.623. The van der Waals surface area contributed by atoms with Crippen molar-refractivity contribution in [2.45, 2.75) is 13.5 Å². The van der Waals surface area contributed by atoms with Crippen molar-refractivity contribution in [3.63, 3.8) is 0 Å². The van der Waals surface area contributed by atoms with Crippen LogP contribution in [0, 0.1) is 0 Å². The average molecular weight is 157 g/mol. The summed E-state index contributed by atoms with van der Waals surface area (Å²) in [5, 5.41) is 3.19. The molecule has 0 saturated carbocycles. The van der Waals surface area contributed by atoms with Crippen LogP contribution in [-0.2, 0) is 6.54 Å². The molecule has 0 spiro atoms. The van der Waals surface area contributed by atoms with Crippen molar-refractivity contribution in [1.82, 2.24) is 9.69 Å². The van der Waals surface area contributed by atoms with E-state index in [1.807, 2.05) is 6.07 Å². The van der Waals surface area contributed by atoms with Gasteiger partial charge in [-0.25, -0.2) is 0 Å². The van der Waals surface area contributed by atoms with Crippen LogP contribution in [0.2, 0.25) is 0 Å². The number of anilines is 1. The van der Waals surface area contributed by atoms with Gasteiger partial charge in [0.25, 0.3) is 0 Å². The Labute approximate surface area is 64.4 Å². The maximum Gasteiger partial charge on any atom is 0.137 e. The molecule has 0 aliphatic carbocycles. The van der Waals surface area contributed by atoms with Gasteiger partial charge in [0.2, 0.25) is 0 Å². The molecular formula is C6H11N3S. The molecule has 1 aromatic rings. The SMILES string of the molecule is CCNCc1cc(N)ns1. The summed E-state index contributed by atoms with van der Waals surface area (Å²) >= 11 is 1.45. The predicted octanol–water partition coefficient (Wildman–Crippen LogP) is 0.835. The van der Waals surface area contributed by atoms with E-state index < -0.39 is 0 Å². The number of hydrogen-bond donors (Lipinski definition) is 2. The lowest BCUT2D eigenvalue weighted by Crippen LogP contribution is -2.10. The Morgan fingerprint density at radius 2 is 2.60 bits per heavy atom. The lowest BCUT2D eigenvalue weighted by molar-refractivity contribution is 0.735. The lowest BCUT2D eigenvalue weighted by Gasteiger charge is -1.93. The smallest absolute Gasteiger partial charge is 0.137 e. The van der Waals surface area contributed by atoms with E-state index in [9.17, 15) is 0 Å². The van der Waals surface area contributed by atoms with Crippen molar-refractivity contribution >= 4 is 17.4 Å². The Morgan fingerprint density at radius 3 is 3.10 bits per heavy atom. The first-order valence-electron chi connectivity index (χ1n) is 3.24. The van der Waals surface area contributed by atoms with E-state index in [0.717, 1.165) is 13.1 Å². The summed E-state index contributed by atoms with van der Waals surface area (Å²) in [7, 11) is 0. The largest absolute Gasteiger partial charge is 0.383 e. The summed E-state index contributed by atoms with van der Waals surface area (Å²) in [4.78, 5) is 1.19. The van der Waals surface area contributed by atoms with Crippen LogP contribution in [0.5, 0.6) is 0 Å². The van der Waals surface area contributed by atoms with E-state index >= 15 is 0 Å². The molecule has 56 valence electrons. The third-order valence-electron chi connectivity index (χ3n) is 1.13. The highest BCUT2D eigenvalue weighted by molar-refractivity contribution is 7.06. The Bertz CT molecular complexity index is 197. The van der Waals surface area contributed by atoms with Gasteiger partial charge in [0.05, 0.1) is 0 Å². The number of aromatic nitrogens is 1.